The van der Waals surface area contributed by atoms with Gasteiger partial charge in [-0.3, -0.25) is 19.2 Å². The second-order valence-electron chi connectivity index (χ2n) is 9.86. The lowest BCUT2D eigenvalue weighted by Gasteiger charge is -2.27. The number of nitrogens with zero attached hydrogens (tertiary/aromatic N) is 1. The third-order valence-electron chi connectivity index (χ3n) is 7.87. The molecule has 0 bridgehead atoms. The molecule has 3 aromatic carbocycles. The first kappa shape index (κ1) is 24.9. The summed E-state index contributed by atoms with van der Waals surface area (Å²) in [7, 11) is 0. The van der Waals surface area contributed by atoms with E-state index in [0.29, 0.717) is 5.56 Å². The van der Waals surface area contributed by atoms with E-state index in [9.17, 15) is 24.0 Å². The van der Waals surface area contributed by atoms with Gasteiger partial charge < -0.3 is 9.47 Å². The molecule has 3 unspecified atom stereocenters. The molecule has 8 nitrogen and oxygen atoms in total. The lowest BCUT2D eigenvalue weighted by atomic mass is 9.77. The molecule has 3 aromatic rings. The summed E-state index contributed by atoms with van der Waals surface area (Å²) in [5, 5.41) is 0. The van der Waals surface area contributed by atoms with Crippen molar-refractivity contribution in [3.63, 3.8) is 0 Å². The smallest absolute Gasteiger partial charge is 0.338 e. The lowest BCUT2D eigenvalue weighted by Crippen LogP contribution is -2.51. The molecular formula is C31H25NO7. The molecule has 196 valence electrons. The first-order valence-corrected chi connectivity index (χ1v) is 12.9. The van der Waals surface area contributed by atoms with E-state index in [1.54, 1.807) is 31.2 Å². The van der Waals surface area contributed by atoms with Gasteiger partial charge in [0.2, 0.25) is 29.0 Å². The number of rotatable bonds is 5. The number of imide groups is 1. The maximum absolute atomic E-state index is 14.0. The number of esters is 1. The minimum atomic E-state index is -2.13. The van der Waals surface area contributed by atoms with Crippen molar-refractivity contribution in [2.24, 2.45) is 11.8 Å². The van der Waals surface area contributed by atoms with Crippen LogP contribution in [0.2, 0.25) is 0 Å². The zero-order valence-corrected chi connectivity index (χ0v) is 21.4. The molecule has 2 fully saturated rings. The zero-order chi connectivity index (χ0) is 27.5. The van der Waals surface area contributed by atoms with Crippen LogP contribution in [0.3, 0.4) is 0 Å². The third-order valence-corrected chi connectivity index (χ3v) is 7.87. The van der Waals surface area contributed by atoms with E-state index in [-0.39, 0.29) is 29.0 Å². The fourth-order valence-electron chi connectivity index (χ4n) is 5.98. The molecule has 8 heteroatoms. The lowest BCUT2D eigenvalue weighted by molar-refractivity contribution is -0.127. The monoisotopic (exact) mass is 523 g/mol. The van der Waals surface area contributed by atoms with Crippen LogP contribution in [-0.2, 0) is 25.5 Å². The normalized spacial score (nSPS) is 22.9. The Kier molecular flexibility index (Phi) is 5.80. The number of carbonyl (C=O) groups excluding carboxylic acids is 5. The molecular weight excluding hydrogens is 498 g/mol. The SMILES string of the molecule is CCOC(=O)c1ccc(N2C(=O)C3C(c4ccc(CC)cc4)OC4(C(=O)c5ccccc5C4=O)C3C2=O)cc1. The van der Waals surface area contributed by atoms with Gasteiger partial charge in [-0.1, -0.05) is 55.5 Å². The largest absolute Gasteiger partial charge is 0.462 e. The van der Waals surface area contributed by atoms with E-state index in [1.165, 1.54) is 24.3 Å². The minimum absolute atomic E-state index is 0.181. The second kappa shape index (κ2) is 9.10. The van der Waals surface area contributed by atoms with E-state index < -0.39 is 52.9 Å². The van der Waals surface area contributed by atoms with E-state index in [2.05, 4.69) is 0 Å². The molecule has 1 aliphatic carbocycles. The summed E-state index contributed by atoms with van der Waals surface area (Å²) < 4.78 is 11.3. The van der Waals surface area contributed by atoms with Crippen LogP contribution in [0, 0.1) is 11.8 Å². The van der Waals surface area contributed by atoms with Crippen molar-refractivity contribution in [2.45, 2.75) is 32.0 Å². The Bertz CT molecular complexity index is 1500. The highest BCUT2D eigenvalue weighted by Crippen LogP contribution is 2.57. The van der Waals surface area contributed by atoms with Crippen LogP contribution in [0.25, 0.3) is 0 Å². The number of amides is 2. The highest BCUT2D eigenvalue weighted by Gasteiger charge is 2.74. The summed E-state index contributed by atoms with van der Waals surface area (Å²) in [6.45, 7) is 3.92. The number of carbonyl (C=O) groups is 5. The van der Waals surface area contributed by atoms with E-state index >= 15 is 0 Å². The molecule has 2 aliphatic heterocycles. The van der Waals surface area contributed by atoms with Gasteiger partial charge in [0.1, 0.15) is 0 Å². The molecule has 39 heavy (non-hydrogen) atoms. The van der Waals surface area contributed by atoms with Crippen LogP contribution < -0.4 is 4.90 Å². The molecule has 2 heterocycles. The topological polar surface area (TPSA) is 107 Å². The van der Waals surface area contributed by atoms with Gasteiger partial charge in [0.15, 0.2) is 0 Å². The molecule has 0 radical (unpaired) electrons. The van der Waals surface area contributed by atoms with Gasteiger partial charge >= 0.3 is 5.97 Å². The van der Waals surface area contributed by atoms with Crippen molar-refractivity contribution < 1.29 is 33.4 Å². The maximum Gasteiger partial charge on any atom is 0.338 e. The molecule has 2 amide bonds. The van der Waals surface area contributed by atoms with Gasteiger partial charge in [-0.2, -0.15) is 0 Å². The quantitative estimate of drug-likeness (QED) is 0.281. The van der Waals surface area contributed by atoms with Crippen molar-refractivity contribution in [1.82, 2.24) is 0 Å². The van der Waals surface area contributed by atoms with Crippen molar-refractivity contribution in [1.29, 1.82) is 0 Å². The van der Waals surface area contributed by atoms with Crippen LogP contribution in [0.4, 0.5) is 5.69 Å². The van der Waals surface area contributed by atoms with Crippen LogP contribution in [-0.4, -0.2) is 41.6 Å². The predicted octanol–water partition coefficient (Wildman–Crippen LogP) is 4.12. The number of benzene rings is 3. The molecule has 1 spiro atoms. The molecule has 2 saturated heterocycles. The number of fused-ring (bicyclic) bond motifs is 3. The van der Waals surface area contributed by atoms with Crippen molar-refractivity contribution >= 4 is 35.0 Å². The van der Waals surface area contributed by atoms with Gasteiger partial charge in [-0.05, 0) is 48.7 Å². The Morgan fingerprint density at radius 2 is 1.46 bits per heavy atom. The fourth-order valence-corrected chi connectivity index (χ4v) is 5.98. The molecule has 3 atom stereocenters. The Labute approximate surface area is 224 Å². The van der Waals surface area contributed by atoms with E-state index in [1.807, 2.05) is 31.2 Å². The number of hydrogen-bond acceptors (Lipinski definition) is 7. The van der Waals surface area contributed by atoms with Crippen LogP contribution in [0.15, 0.2) is 72.8 Å². The van der Waals surface area contributed by atoms with Gasteiger partial charge in [-0.15, -0.1) is 0 Å². The van der Waals surface area contributed by atoms with E-state index in [4.69, 9.17) is 9.47 Å². The Morgan fingerprint density at radius 3 is 2.03 bits per heavy atom. The summed E-state index contributed by atoms with van der Waals surface area (Å²) in [6, 6.07) is 19.7. The van der Waals surface area contributed by atoms with Crippen molar-refractivity contribution in [3.8, 4) is 0 Å². The molecule has 0 N–H and O–H groups in total. The Balaban J connectivity index is 1.46. The zero-order valence-electron chi connectivity index (χ0n) is 21.4. The van der Waals surface area contributed by atoms with Gasteiger partial charge in [-0.25, -0.2) is 9.69 Å². The Hall–Kier alpha value is -4.43. The fraction of sp³-hybridized carbons (Fsp3) is 0.258. The number of anilines is 1. The standard InChI is InChI=1S/C31H25NO7/c1-3-17-9-11-18(12-10-17)25-23-24(31(39-25)26(33)21-7-5-6-8-22(21)27(31)34)29(36)32(28(23)35)20-15-13-19(14-16-20)30(37)38-4-2/h5-16,23-25H,3-4H2,1-2H3. The average Bonchev–Trinajstić information content (AvgIpc) is 3.53. The number of hydrogen-bond donors (Lipinski definition) is 0. The maximum atomic E-state index is 14.0. The first-order valence-electron chi connectivity index (χ1n) is 12.9. The summed E-state index contributed by atoms with van der Waals surface area (Å²) in [5.41, 5.74) is 0.413. The van der Waals surface area contributed by atoms with Gasteiger partial charge in [0.25, 0.3) is 0 Å². The van der Waals surface area contributed by atoms with Crippen LogP contribution in [0.1, 0.15) is 62.2 Å². The summed E-state index contributed by atoms with van der Waals surface area (Å²) in [4.78, 5) is 68.8. The predicted molar refractivity (Wildman–Crippen MR) is 139 cm³/mol. The highest BCUT2D eigenvalue weighted by molar-refractivity contribution is 6.37. The van der Waals surface area contributed by atoms with Crippen LogP contribution in [0.5, 0.6) is 0 Å². The molecule has 0 saturated carbocycles. The van der Waals surface area contributed by atoms with Gasteiger partial charge in [0.05, 0.1) is 35.8 Å². The Morgan fingerprint density at radius 1 is 0.846 bits per heavy atom. The minimum Gasteiger partial charge on any atom is -0.462 e. The highest BCUT2D eigenvalue weighted by atomic mass is 16.5. The molecule has 6 rings (SSSR count). The summed E-state index contributed by atoms with van der Waals surface area (Å²) in [5.74, 6) is -5.40. The molecule has 3 aliphatic rings. The van der Waals surface area contributed by atoms with Crippen molar-refractivity contribution in [2.75, 3.05) is 11.5 Å². The van der Waals surface area contributed by atoms with E-state index in [0.717, 1.165) is 16.9 Å². The summed E-state index contributed by atoms with van der Waals surface area (Å²) in [6.07, 6.45) is -0.176. The third kappa shape index (κ3) is 3.44. The second-order valence-corrected chi connectivity index (χ2v) is 9.86. The molecule has 0 aromatic heterocycles. The van der Waals surface area contributed by atoms with Gasteiger partial charge in [0, 0.05) is 11.1 Å². The number of aryl methyl sites for hydroxylation is 1. The number of ketones is 2. The number of ether oxygens (including phenoxy) is 2. The first-order chi connectivity index (χ1) is 18.8. The number of Topliss-reactive ketones (excluding diaryl/α,β-unsaturated/α-hetero) is 2. The average molecular weight is 524 g/mol. The van der Waals surface area contributed by atoms with Crippen LogP contribution >= 0.6 is 0 Å². The summed E-state index contributed by atoms with van der Waals surface area (Å²) >= 11 is 0. The van der Waals surface area contributed by atoms with Crippen molar-refractivity contribution in [3.05, 3.63) is 101 Å².